The Morgan fingerprint density at radius 3 is 2.63 bits per heavy atom. The normalized spacial score (nSPS) is 17.7. The number of H-pyrrole nitrogens is 1. The zero-order chi connectivity index (χ0) is 14.6. The van der Waals surface area contributed by atoms with Crippen LogP contribution in [0.3, 0.4) is 0 Å². The minimum atomic E-state index is -1.74. The van der Waals surface area contributed by atoms with Gasteiger partial charge in [0.25, 0.3) is 5.56 Å². The van der Waals surface area contributed by atoms with Crippen molar-refractivity contribution in [3.05, 3.63) is 33.1 Å². The summed E-state index contributed by atoms with van der Waals surface area (Å²) in [6, 6.07) is 1.01. The van der Waals surface area contributed by atoms with Crippen LogP contribution in [-0.4, -0.2) is 50.4 Å². The molecule has 6 N–H and O–H groups in total. The van der Waals surface area contributed by atoms with Crippen molar-refractivity contribution >= 4 is 0 Å². The largest absolute Gasteiger partial charge is 0.396 e. The Hall–Kier alpha value is -1.52. The van der Waals surface area contributed by atoms with Crippen LogP contribution < -0.4 is 17.0 Å². The first-order valence-electron chi connectivity index (χ1n) is 5.48. The number of aromatic amines is 1. The number of nitrogens with zero attached hydrogens (tertiary/aromatic N) is 1. The van der Waals surface area contributed by atoms with Gasteiger partial charge in [0.15, 0.2) is 6.23 Å². The molecule has 0 bridgehead atoms. The topological polar surface area (TPSA) is 151 Å². The molecule has 0 unspecified atom stereocenters. The van der Waals surface area contributed by atoms with Gasteiger partial charge in [0, 0.05) is 32.4 Å². The standard InChI is InChI=1S/C10H17N3O6/c1-19-10(11,3-5-14)7(16)8(17)13-4-2-6(15)12-9(13)18/h2,4,7-8,14,16-17H,3,5,11H2,1H3,(H,12,15,18)/t7-,8+,10+/m0/s1. The fourth-order valence-electron chi connectivity index (χ4n) is 1.59. The quantitative estimate of drug-likeness (QED) is 0.349. The summed E-state index contributed by atoms with van der Waals surface area (Å²) in [5, 5.41) is 28.7. The highest BCUT2D eigenvalue weighted by molar-refractivity contribution is 4.90. The van der Waals surface area contributed by atoms with Crippen molar-refractivity contribution in [1.29, 1.82) is 0 Å². The van der Waals surface area contributed by atoms with Gasteiger partial charge in [-0.3, -0.25) is 14.3 Å². The van der Waals surface area contributed by atoms with Crippen LogP contribution in [0.1, 0.15) is 12.6 Å². The van der Waals surface area contributed by atoms with Gasteiger partial charge in [-0.25, -0.2) is 4.79 Å². The Bertz CT molecular complexity index is 526. The van der Waals surface area contributed by atoms with E-state index in [-0.39, 0.29) is 13.0 Å². The van der Waals surface area contributed by atoms with Crippen molar-refractivity contribution in [3.8, 4) is 0 Å². The van der Waals surface area contributed by atoms with Crippen LogP contribution in [-0.2, 0) is 4.74 Å². The molecule has 108 valence electrons. The second-order valence-corrected chi connectivity index (χ2v) is 4.01. The van der Waals surface area contributed by atoms with E-state index in [0.717, 1.165) is 12.3 Å². The molecule has 1 rings (SSSR count). The molecule has 9 heteroatoms. The highest BCUT2D eigenvalue weighted by Gasteiger charge is 2.39. The van der Waals surface area contributed by atoms with E-state index in [0.29, 0.717) is 4.57 Å². The zero-order valence-electron chi connectivity index (χ0n) is 10.3. The summed E-state index contributed by atoms with van der Waals surface area (Å²) in [5.74, 6) is 0. The second kappa shape index (κ2) is 6.08. The molecule has 1 aromatic rings. The molecular formula is C10H17N3O6. The number of aliphatic hydroxyl groups is 3. The Morgan fingerprint density at radius 1 is 1.53 bits per heavy atom. The van der Waals surface area contributed by atoms with Crippen LogP contribution in [0.5, 0.6) is 0 Å². The monoisotopic (exact) mass is 275 g/mol. The van der Waals surface area contributed by atoms with Crippen LogP contribution in [0.4, 0.5) is 0 Å². The first-order chi connectivity index (χ1) is 8.85. The van der Waals surface area contributed by atoms with Gasteiger partial charge in [-0.15, -0.1) is 0 Å². The van der Waals surface area contributed by atoms with Gasteiger partial charge < -0.3 is 25.8 Å². The number of nitrogens with two attached hydrogens (primary N) is 1. The third-order valence-corrected chi connectivity index (χ3v) is 2.80. The third kappa shape index (κ3) is 3.28. The molecule has 0 amide bonds. The van der Waals surface area contributed by atoms with Gasteiger partial charge in [0.1, 0.15) is 11.8 Å². The van der Waals surface area contributed by atoms with Gasteiger partial charge >= 0.3 is 5.69 Å². The lowest BCUT2D eigenvalue weighted by Crippen LogP contribution is -2.57. The summed E-state index contributed by atoms with van der Waals surface area (Å²) in [4.78, 5) is 24.3. The smallest absolute Gasteiger partial charge is 0.330 e. The van der Waals surface area contributed by atoms with E-state index in [4.69, 9.17) is 15.6 Å². The summed E-state index contributed by atoms with van der Waals surface area (Å²) in [6.07, 6.45) is -2.56. The van der Waals surface area contributed by atoms with Crippen molar-refractivity contribution in [2.75, 3.05) is 13.7 Å². The SMILES string of the molecule is CO[C@](N)(CCO)[C@@H](O)[C@@H](O)n1ccc(=O)[nH]c1=O. The highest BCUT2D eigenvalue weighted by atomic mass is 16.5. The molecule has 3 atom stereocenters. The molecule has 0 radical (unpaired) electrons. The molecule has 19 heavy (non-hydrogen) atoms. The molecule has 1 aromatic heterocycles. The average molecular weight is 275 g/mol. The number of ether oxygens (including phenoxy) is 1. The number of aromatic nitrogens is 2. The van der Waals surface area contributed by atoms with Crippen LogP contribution in [0.15, 0.2) is 21.9 Å². The van der Waals surface area contributed by atoms with Crippen molar-refractivity contribution < 1.29 is 20.1 Å². The molecular weight excluding hydrogens is 258 g/mol. The fourth-order valence-corrected chi connectivity index (χ4v) is 1.59. The third-order valence-electron chi connectivity index (χ3n) is 2.80. The molecule has 0 aliphatic heterocycles. The summed E-state index contributed by atoms with van der Waals surface area (Å²) in [5.41, 5.74) is 2.42. The minimum Gasteiger partial charge on any atom is -0.396 e. The highest BCUT2D eigenvalue weighted by Crippen LogP contribution is 2.20. The number of hydrogen-bond acceptors (Lipinski definition) is 7. The van der Waals surface area contributed by atoms with Crippen molar-refractivity contribution in [3.63, 3.8) is 0 Å². The molecule has 0 spiro atoms. The molecule has 0 saturated carbocycles. The number of hydrogen-bond donors (Lipinski definition) is 5. The number of nitrogens with one attached hydrogen (secondary N) is 1. The summed E-state index contributed by atoms with van der Waals surface area (Å²) >= 11 is 0. The van der Waals surface area contributed by atoms with Crippen LogP contribution >= 0.6 is 0 Å². The van der Waals surface area contributed by atoms with E-state index >= 15 is 0 Å². The lowest BCUT2D eigenvalue weighted by atomic mass is 10.0. The van der Waals surface area contributed by atoms with Crippen molar-refractivity contribution in [1.82, 2.24) is 9.55 Å². The molecule has 1 heterocycles. The van der Waals surface area contributed by atoms with E-state index < -0.39 is 29.3 Å². The molecule has 0 saturated heterocycles. The Kier molecular flexibility index (Phi) is 4.97. The first-order valence-corrected chi connectivity index (χ1v) is 5.48. The fraction of sp³-hybridized carbons (Fsp3) is 0.600. The Labute approximate surface area is 107 Å². The predicted molar refractivity (Wildman–Crippen MR) is 64.2 cm³/mol. The van der Waals surface area contributed by atoms with E-state index in [1.165, 1.54) is 7.11 Å². The molecule has 0 aliphatic rings. The Balaban J connectivity index is 3.07. The number of methoxy groups -OCH3 is 1. The summed E-state index contributed by atoms with van der Waals surface area (Å²) in [7, 11) is 1.20. The maximum Gasteiger partial charge on any atom is 0.330 e. The lowest BCUT2D eigenvalue weighted by molar-refractivity contribution is -0.168. The van der Waals surface area contributed by atoms with E-state index in [2.05, 4.69) is 0 Å². The number of aliphatic hydroxyl groups excluding tert-OH is 3. The maximum atomic E-state index is 11.5. The summed E-state index contributed by atoms with van der Waals surface area (Å²) < 4.78 is 5.57. The lowest BCUT2D eigenvalue weighted by Gasteiger charge is -2.35. The van der Waals surface area contributed by atoms with Crippen molar-refractivity contribution in [2.24, 2.45) is 5.73 Å². The van der Waals surface area contributed by atoms with Crippen LogP contribution in [0.2, 0.25) is 0 Å². The summed E-state index contributed by atoms with van der Waals surface area (Å²) in [6.45, 7) is -0.380. The van der Waals surface area contributed by atoms with E-state index in [1.807, 2.05) is 4.98 Å². The van der Waals surface area contributed by atoms with Gasteiger partial charge in [0.2, 0.25) is 0 Å². The average Bonchev–Trinajstić information content (AvgIpc) is 2.37. The Morgan fingerprint density at radius 2 is 2.16 bits per heavy atom. The van der Waals surface area contributed by atoms with Gasteiger partial charge in [-0.2, -0.15) is 0 Å². The zero-order valence-corrected chi connectivity index (χ0v) is 10.3. The van der Waals surface area contributed by atoms with Gasteiger partial charge in [-0.05, 0) is 0 Å². The second-order valence-electron chi connectivity index (χ2n) is 4.01. The van der Waals surface area contributed by atoms with Crippen LogP contribution in [0, 0.1) is 0 Å². The van der Waals surface area contributed by atoms with E-state index in [9.17, 15) is 19.8 Å². The van der Waals surface area contributed by atoms with E-state index in [1.54, 1.807) is 0 Å². The number of rotatable bonds is 6. The minimum absolute atomic E-state index is 0.153. The van der Waals surface area contributed by atoms with Gasteiger partial charge in [-0.1, -0.05) is 0 Å². The molecule has 9 nitrogen and oxygen atoms in total. The van der Waals surface area contributed by atoms with Gasteiger partial charge in [0.05, 0.1) is 0 Å². The molecule has 0 fully saturated rings. The maximum absolute atomic E-state index is 11.5. The molecule has 0 aromatic carbocycles. The molecule has 0 aliphatic carbocycles. The van der Waals surface area contributed by atoms with Crippen molar-refractivity contribution in [2.45, 2.75) is 24.5 Å². The first kappa shape index (κ1) is 15.5. The predicted octanol–water partition coefficient (Wildman–Crippen LogP) is -2.93. The van der Waals surface area contributed by atoms with Crippen LogP contribution in [0.25, 0.3) is 0 Å².